The number of nitrogens with one attached hydrogen (secondary N) is 1. The van der Waals surface area contributed by atoms with E-state index in [1.807, 2.05) is 28.8 Å². The number of hydrogen-bond acceptors (Lipinski definition) is 3. The molecule has 3 rings (SSSR count). The predicted octanol–water partition coefficient (Wildman–Crippen LogP) is 3.95. The Kier molecular flexibility index (Phi) is 4.41. The van der Waals surface area contributed by atoms with Crippen LogP contribution in [0, 0.1) is 0 Å². The van der Waals surface area contributed by atoms with Gasteiger partial charge in [0.1, 0.15) is 0 Å². The van der Waals surface area contributed by atoms with E-state index in [-0.39, 0.29) is 5.91 Å². The number of nitrogen functional groups attached to an aromatic ring is 1. The minimum atomic E-state index is -0.139. The molecule has 0 bridgehead atoms. The first-order chi connectivity index (χ1) is 11.0. The Morgan fingerprint density at radius 1 is 1.22 bits per heavy atom. The number of para-hydroxylation sites is 2. The van der Waals surface area contributed by atoms with Gasteiger partial charge in [0.05, 0.1) is 33.1 Å². The molecule has 0 saturated heterocycles. The molecule has 2 aromatic carbocycles. The van der Waals surface area contributed by atoms with E-state index in [0.717, 1.165) is 11.0 Å². The first kappa shape index (κ1) is 15.6. The number of carbonyl (C=O) groups excluding carboxylic acids is 1. The van der Waals surface area contributed by atoms with Crippen molar-refractivity contribution in [1.82, 2.24) is 9.55 Å². The van der Waals surface area contributed by atoms with E-state index >= 15 is 0 Å². The molecule has 1 aromatic heterocycles. The molecule has 0 saturated carbocycles. The second-order valence-electron chi connectivity index (χ2n) is 5.08. The summed E-state index contributed by atoms with van der Waals surface area (Å²) < 4.78 is 1.94. The number of nitrogens with two attached hydrogens (primary N) is 1. The molecule has 1 amide bonds. The first-order valence-corrected chi connectivity index (χ1v) is 7.74. The van der Waals surface area contributed by atoms with Gasteiger partial charge in [0, 0.05) is 18.7 Å². The van der Waals surface area contributed by atoms with E-state index < -0.39 is 0 Å². The van der Waals surface area contributed by atoms with E-state index in [9.17, 15) is 4.79 Å². The Labute approximate surface area is 143 Å². The Morgan fingerprint density at radius 2 is 1.91 bits per heavy atom. The van der Waals surface area contributed by atoms with Crippen LogP contribution in [0.25, 0.3) is 11.0 Å². The highest BCUT2D eigenvalue weighted by Crippen LogP contribution is 2.31. The molecular formula is C16H14Cl2N4O. The van der Waals surface area contributed by atoms with E-state index in [0.29, 0.717) is 34.4 Å². The van der Waals surface area contributed by atoms with Crippen LogP contribution in [0.5, 0.6) is 0 Å². The Bertz CT molecular complexity index is 852. The fraction of sp³-hybridized carbons (Fsp3) is 0.125. The lowest BCUT2D eigenvalue weighted by molar-refractivity contribution is -0.116. The van der Waals surface area contributed by atoms with Gasteiger partial charge in [-0.05, 0) is 24.3 Å². The number of rotatable bonds is 4. The van der Waals surface area contributed by atoms with Crippen molar-refractivity contribution in [3.63, 3.8) is 0 Å². The fourth-order valence-electron chi connectivity index (χ4n) is 2.29. The molecule has 0 fully saturated rings. The van der Waals surface area contributed by atoms with E-state index in [2.05, 4.69) is 10.3 Å². The molecule has 5 nitrogen and oxygen atoms in total. The maximum atomic E-state index is 12.1. The van der Waals surface area contributed by atoms with Crippen LogP contribution < -0.4 is 11.1 Å². The van der Waals surface area contributed by atoms with Gasteiger partial charge in [-0.15, -0.1) is 0 Å². The lowest BCUT2D eigenvalue weighted by Crippen LogP contribution is -2.14. The summed E-state index contributed by atoms with van der Waals surface area (Å²) >= 11 is 11.9. The average Bonchev–Trinajstić information content (AvgIpc) is 2.94. The highest BCUT2D eigenvalue weighted by molar-refractivity contribution is 6.39. The lowest BCUT2D eigenvalue weighted by atomic mass is 10.2. The Hall–Kier alpha value is -2.24. The molecule has 0 radical (unpaired) electrons. The molecule has 0 spiro atoms. The smallest absolute Gasteiger partial charge is 0.226 e. The summed E-state index contributed by atoms with van der Waals surface area (Å²) in [5.74, 6) is -0.139. The SMILES string of the molecule is Nc1c(Cl)cc(NC(=O)CCn2cnc3ccccc32)cc1Cl. The van der Waals surface area contributed by atoms with Gasteiger partial charge in [0.25, 0.3) is 0 Å². The van der Waals surface area contributed by atoms with Gasteiger partial charge < -0.3 is 15.6 Å². The highest BCUT2D eigenvalue weighted by atomic mass is 35.5. The van der Waals surface area contributed by atoms with Crippen LogP contribution in [0.4, 0.5) is 11.4 Å². The van der Waals surface area contributed by atoms with Crippen molar-refractivity contribution in [2.75, 3.05) is 11.1 Å². The lowest BCUT2D eigenvalue weighted by Gasteiger charge is -2.09. The average molecular weight is 349 g/mol. The summed E-state index contributed by atoms with van der Waals surface area (Å²) in [5, 5.41) is 3.39. The summed E-state index contributed by atoms with van der Waals surface area (Å²) in [6.07, 6.45) is 2.04. The molecule has 0 unspecified atom stereocenters. The third-order valence-corrected chi connectivity index (χ3v) is 4.10. The van der Waals surface area contributed by atoms with Crippen LogP contribution >= 0.6 is 23.2 Å². The third-order valence-electron chi connectivity index (χ3n) is 3.47. The number of amides is 1. The summed E-state index contributed by atoms with van der Waals surface area (Å²) in [6, 6.07) is 10.9. The van der Waals surface area contributed by atoms with Crippen molar-refractivity contribution >= 4 is 51.5 Å². The van der Waals surface area contributed by atoms with Crippen LogP contribution in [0.15, 0.2) is 42.7 Å². The number of halogens is 2. The zero-order valence-electron chi connectivity index (χ0n) is 12.1. The summed E-state index contributed by atoms with van der Waals surface area (Å²) in [4.78, 5) is 16.4. The zero-order valence-corrected chi connectivity index (χ0v) is 13.6. The molecule has 0 aliphatic rings. The van der Waals surface area contributed by atoms with Crippen LogP contribution in [0.1, 0.15) is 6.42 Å². The maximum Gasteiger partial charge on any atom is 0.226 e. The molecule has 0 aliphatic carbocycles. The third kappa shape index (κ3) is 3.41. The number of anilines is 2. The van der Waals surface area contributed by atoms with Crippen LogP contribution in [0.2, 0.25) is 10.0 Å². The number of imidazole rings is 1. The quantitative estimate of drug-likeness (QED) is 0.701. The molecule has 118 valence electrons. The van der Waals surface area contributed by atoms with Crippen molar-refractivity contribution in [3.8, 4) is 0 Å². The van der Waals surface area contributed by atoms with Gasteiger partial charge in [-0.2, -0.15) is 0 Å². The standard InChI is InChI=1S/C16H14Cl2N4O/c17-11-7-10(8-12(18)16(11)19)21-15(23)5-6-22-9-20-13-3-1-2-4-14(13)22/h1-4,7-9H,5-6,19H2,(H,21,23). The molecule has 3 aromatic rings. The van der Waals surface area contributed by atoms with Gasteiger partial charge in [0.15, 0.2) is 0 Å². The van der Waals surface area contributed by atoms with Crippen molar-refractivity contribution in [1.29, 1.82) is 0 Å². The molecule has 7 heteroatoms. The van der Waals surface area contributed by atoms with E-state index in [4.69, 9.17) is 28.9 Å². The normalized spacial score (nSPS) is 10.9. The fourth-order valence-corrected chi connectivity index (χ4v) is 2.78. The number of carbonyl (C=O) groups is 1. The molecule has 0 atom stereocenters. The largest absolute Gasteiger partial charge is 0.396 e. The van der Waals surface area contributed by atoms with Gasteiger partial charge in [-0.3, -0.25) is 4.79 Å². The number of benzene rings is 2. The maximum absolute atomic E-state index is 12.1. The van der Waals surface area contributed by atoms with Crippen LogP contribution in [-0.2, 0) is 11.3 Å². The summed E-state index contributed by atoms with van der Waals surface area (Å²) in [6.45, 7) is 0.531. The van der Waals surface area contributed by atoms with E-state index in [1.54, 1.807) is 18.5 Å². The molecule has 1 heterocycles. The first-order valence-electron chi connectivity index (χ1n) is 6.99. The summed E-state index contributed by atoms with van der Waals surface area (Å²) in [7, 11) is 0. The van der Waals surface area contributed by atoms with E-state index in [1.165, 1.54) is 0 Å². The zero-order chi connectivity index (χ0) is 16.4. The van der Waals surface area contributed by atoms with Gasteiger partial charge >= 0.3 is 0 Å². The second-order valence-corrected chi connectivity index (χ2v) is 5.89. The topological polar surface area (TPSA) is 72.9 Å². The minimum absolute atomic E-state index is 0.139. The number of fused-ring (bicyclic) bond motifs is 1. The number of aryl methyl sites for hydroxylation is 1. The van der Waals surface area contributed by atoms with Gasteiger partial charge in [-0.1, -0.05) is 35.3 Å². The summed E-state index contributed by atoms with van der Waals surface area (Å²) in [5.41, 5.74) is 8.40. The monoisotopic (exact) mass is 348 g/mol. The molecular weight excluding hydrogens is 335 g/mol. The highest BCUT2D eigenvalue weighted by Gasteiger charge is 2.09. The molecule has 23 heavy (non-hydrogen) atoms. The van der Waals surface area contributed by atoms with Crippen LogP contribution in [0.3, 0.4) is 0 Å². The molecule has 3 N–H and O–H groups in total. The van der Waals surface area contributed by atoms with Crippen LogP contribution in [-0.4, -0.2) is 15.5 Å². The van der Waals surface area contributed by atoms with Gasteiger partial charge in [-0.25, -0.2) is 4.98 Å². The Morgan fingerprint density at radius 3 is 2.65 bits per heavy atom. The number of hydrogen-bond donors (Lipinski definition) is 2. The number of aromatic nitrogens is 2. The molecule has 0 aliphatic heterocycles. The predicted molar refractivity (Wildman–Crippen MR) is 93.9 cm³/mol. The minimum Gasteiger partial charge on any atom is -0.396 e. The van der Waals surface area contributed by atoms with Gasteiger partial charge in [0.2, 0.25) is 5.91 Å². The Balaban J connectivity index is 1.66. The van der Waals surface area contributed by atoms with Crippen molar-refractivity contribution < 1.29 is 4.79 Å². The van der Waals surface area contributed by atoms with Crippen molar-refractivity contribution in [3.05, 3.63) is 52.8 Å². The van der Waals surface area contributed by atoms with Crippen molar-refractivity contribution in [2.24, 2.45) is 0 Å². The second kappa shape index (κ2) is 6.48. The number of nitrogens with zero attached hydrogens (tertiary/aromatic N) is 2. The van der Waals surface area contributed by atoms with Crippen molar-refractivity contribution in [2.45, 2.75) is 13.0 Å².